The van der Waals surface area contributed by atoms with E-state index in [0.29, 0.717) is 12.2 Å². The van der Waals surface area contributed by atoms with Crippen molar-refractivity contribution in [1.29, 1.82) is 0 Å². The SMILES string of the molecule is Cc1ccccc1C(=O)NCCC(=O)NC(C)c1ccc(OCc2cccnc2)cc1. The minimum Gasteiger partial charge on any atom is -0.489 e. The van der Waals surface area contributed by atoms with E-state index >= 15 is 0 Å². The molecule has 0 aliphatic heterocycles. The highest BCUT2D eigenvalue weighted by Gasteiger charge is 2.12. The number of ether oxygens (including phenoxy) is 1. The van der Waals surface area contributed by atoms with Crippen LogP contribution in [0.4, 0.5) is 0 Å². The minimum absolute atomic E-state index is 0.116. The van der Waals surface area contributed by atoms with Gasteiger partial charge in [-0.1, -0.05) is 36.4 Å². The van der Waals surface area contributed by atoms with Crippen LogP contribution in [0.2, 0.25) is 0 Å². The fraction of sp³-hybridized carbons (Fsp3) is 0.240. The van der Waals surface area contributed by atoms with Crippen molar-refractivity contribution in [3.8, 4) is 5.75 Å². The fourth-order valence-electron chi connectivity index (χ4n) is 3.11. The third kappa shape index (κ3) is 6.67. The molecule has 0 bridgehead atoms. The lowest BCUT2D eigenvalue weighted by Gasteiger charge is -2.15. The van der Waals surface area contributed by atoms with E-state index in [1.54, 1.807) is 18.5 Å². The van der Waals surface area contributed by atoms with Gasteiger partial charge in [-0.2, -0.15) is 0 Å². The molecule has 0 aliphatic rings. The van der Waals surface area contributed by atoms with Crippen LogP contribution in [0.15, 0.2) is 73.1 Å². The molecule has 0 saturated carbocycles. The Morgan fingerprint density at radius 3 is 2.52 bits per heavy atom. The molecule has 6 nitrogen and oxygen atoms in total. The molecule has 1 unspecified atom stereocenters. The van der Waals surface area contributed by atoms with E-state index in [4.69, 9.17) is 4.74 Å². The van der Waals surface area contributed by atoms with E-state index in [9.17, 15) is 9.59 Å². The molecule has 160 valence electrons. The molecular formula is C25H27N3O3. The van der Waals surface area contributed by atoms with Crippen molar-refractivity contribution in [2.75, 3.05) is 6.54 Å². The molecule has 6 heteroatoms. The Labute approximate surface area is 182 Å². The molecule has 1 aromatic heterocycles. The molecule has 0 saturated heterocycles. The van der Waals surface area contributed by atoms with Crippen LogP contribution in [-0.4, -0.2) is 23.3 Å². The number of amides is 2. The Morgan fingerprint density at radius 1 is 1.03 bits per heavy atom. The molecule has 1 atom stereocenters. The van der Waals surface area contributed by atoms with Gasteiger partial charge in [-0.3, -0.25) is 14.6 Å². The van der Waals surface area contributed by atoms with Gasteiger partial charge >= 0.3 is 0 Å². The smallest absolute Gasteiger partial charge is 0.251 e. The van der Waals surface area contributed by atoms with E-state index < -0.39 is 0 Å². The number of rotatable bonds is 9. The van der Waals surface area contributed by atoms with Gasteiger partial charge in [0, 0.05) is 36.5 Å². The second-order valence-electron chi connectivity index (χ2n) is 7.33. The van der Waals surface area contributed by atoms with Crippen LogP contribution in [0.1, 0.15) is 46.4 Å². The number of carbonyl (C=O) groups excluding carboxylic acids is 2. The minimum atomic E-state index is -0.166. The summed E-state index contributed by atoms with van der Waals surface area (Å²) in [6.07, 6.45) is 3.72. The van der Waals surface area contributed by atoms with Crippen LogP contribution in [0.3, 0.4) is 0 Å². The number of hydrogen-bond acceptors (Lipinski definition) is 4. The lowest BCUT2D eigenvalue weighted by Crippen LogP contribution is -2.32. The standard InChI is InChI=1S/C25H27N3O3/c1-18-6-3-4-8-23(18)25(30)27-15-13-24(29)28-19(2)21-9-11-22(12-10-21)31-17-20-7-5-14-26-16-20/h3-12,14,16,19H,13,15,17H2,1-2H3,(H,27,30)(H,28,29). The first-order valence-corrected chi connectivity index (χ1v) is 10.3. The van der Waals surface area contributed by atoms with E-state index in [1.807, 2.05) is 68.4 Å². The molecule has 1 heterocycles. The highest BCUT2D eigenvalue weighted by molar-refractivity contribution is 5.95. The van der Waals surface area contributed by atoms with Crippen molar-refractivity contribution in [3.63, 3.8) is 0 Å². The summed E-state index contributed by atoms with van der Waals surface area (Å²) in [5, 5.41) is 5.76. The predicted octanol–water partition coefficient (Wildman–Crippen LogP) is 3.97. The van der Waals surface area contributed by atoms with Gasteiger partial charge in [0.1, 0.15) is 12.4 Å². The van der Waals surface area contributed by atoms with E-state index in [0.717, 1.165) is 22.4 Å². The number of hydrogen-bond donors (Lipinski definition) is 2. The summed E-state index contributed by atoms with van der Waals surface area (Å²) in [5.74, 6) is 0.473. The molecule has 2 amide bonds. The Kier molecular flexibility index (Phi) is 7.76. The lowest BCUT2D eigenvalue weighted by molar-refractivity contribution is -0.121. The highest BCUT2D eigenvalue weighted by atomic mass is 16.5. The van der Waals surface area contributed by atoms with E-state index in [1.165, 1.54) is 0 Å². The Balaban J connectivity index is 1.42. The monoisotopic (exact) mass is 417 g/mol. The van der Waals surface area contributed by atoms with Gasteiger partial charge in [-0.25, -0.2) is 0 Å². The maximum atomic E-state index is 12.2. The van der Waals surface area contributed by atoms with Crippen molar-refractivity contribution >= 4 is 11.8 Å². The van der Waals surface area contributed by atoms with Gasteiger partial charge in [0.2, 0.25) is 5.91 Å². The second kappa shape index (κ2) is 10.9. The van der Waals surface area contributed by atoms with Gasteiger partial charge in [0.05, 0.1) is 6.04 Å². The summed E-state index contributed by atoms with van der Waals surface area (Å²) in [7, 11) is 0. The number of nitrogens with one attached hydrogen (secondary N) is 2. The van der Waals surface area contributed by atoms with Gasteiger partial charge in [0.25, 0.3) is 5.91 Å². The Hall–Kier alpha value is -3.67. The summed E-state index contributed by atoms with van der Waals surface area (Å²) in [5.41, 5.74) is 3.51. The lowest BCUT2D eigenvalue weighted by atomic mass is 10.1. The summed E-state index contributed by atoms with van der Waals surface area (Å²) < 4.78 is 5.76. The first-order chi connectivity index (χ1) is 15.0. The van der Waals surface area contributed by atoms with Crippen LogP contribution >= 0.6 is 0 Å². The molecule has 0 fully saturated rings. The quantitative estimate of drug-likeness (QED) is 0.552. The largest absolute Gasteiger partial charge is 0.489 e. The second-order valence-corrected chi connectivity index (χ2v) is 7.33. The number of aromatic nitrogens is 1. The molecule has 3 rings (SSSR count). The maximum Gasteiger partial charge on any atom is 0.251 e. The number of aryl methyl sites for hydroxylation is 1. The fourth-order valence-corrected chi connectivity index (χ4v) is 3.11. The van der Waals surface area contributed by atoms with Gasteiger partial charge in [-0.05, 0) is 49.2 Å². The van der Waals surface area contributed by atoms with Crippen molar-refractivity contribution in [3.05, 3.63) is 95.3 Å². The van der Waals surface area contributed by atoms with Gasteiger partial charge in [-0.15, -0.1) is 0 Å². The number of pyridine rings is 1. The van der Waals surface area contributed by atoms with Gasteiger partial charge < -0.3 is 15.4 Å². The average molecular weight is 418 g/mol. The third-order valence-electron chi connectivity index (χ3n) is 4.91. The van der Waals surface area contributed by atoms with Crippen LogP contribution in [0.25, 0.3) is 0 Å². The van der Waals surface area contributed by atoms with Crippen LogP contribution in [-0.2, 0) is 11.4 Å². The number of benzene rings is 2. The van der Waals surface area contributed by atoms with E-state index in [2.05, 4.69) is 15.6 Å². The van der Waals surface area contributed by atoms with E-state index in [-0.39, 0.29) is 30.8 Å². The Morgan fingerprint density at radius 2 is 1.81 bits per heavy atom. The summed E-state index contributed by atoms with van der Waals surface area (Å²) >= 11 is 0. The first-order valence-electron chi connectivity index (χ1n) is 10.3. The van der Waals surface area contributed by atoms with Gasteiger partial charge in [0.15, 0.2) is 0 Å². The third-order valence-corrected chi connectivity index (χ3v) is 4.91. The molecule has 3 aromatic rings. The number of carbonyl (C=O) groups is 2. The molecule has 0 aliphatic carbocycles. The van der Waals surface area contributed by atoms with Crippen LogP contribution < -0.4 is 15.4 Å². The molecule has 0 spiro atoms. The molecule has 31 heavy (non-hydrogen) atoms. The zero-order valence-corrected chi connectivity index (χ0v) is 17.8. The van der Waals surface area contributed by atoms with Crippen LogP contribution in [0.5, 0.6) is 5.75 Å². The maximum absolute atomic E-state index is 12.2. The Bertz CT molecular complexity index is 1000. The zero-order valence-electron chi connectivity index (χ0n) is 17.8. The highest BCUT2D eigenvalue weighted by Crippen LogP contribution is 2.18. The predicted molar refractivity (Wildman–Crippen MR) is 120 cm³/mol. The average Bonchev–Trinajstić information content (AvgIpc) is 2.79. The van der Waals surface area contributed by atoms with Crippen molar-refractivity contribution in [2.45, 2.75) is 32.9 Å². The van der Waals surface area contributed by atoms with Crippen molar-refractivity contribution < 1.29 is 14.3 Å². The molecular weight excluding hydrogens is 390 g/mol. The topological polar surface area (TPSA) is 80.3 Å². The number of nitrogens with zero attached hydrogens (tertiary/aromatic N) is 1. The zero-order chi connectivity index (χ0) is 22.1. The van der Waals surface area contributed by atoms with Crippen LogP contribution in [0, 0.1) is 6.92 Å². The molecule has 0 radical (unpaired) electrons. The van der Waals surface area contributed by atoms with Crippen molar-refractivity contribution in [1.82, 2.24) is 15.6 Å². The molecule has 2 N–H and O–H groups in total. The normalized spacial score (nSPS) is 11.4. The first kappa shape index (κ1) is 22.0. The molecule has 2 aromatic carbocycles. The summed E-state index contributed by atoms with van der Waals surface area (Å²) in [4.78, 5) is 28.5. The summed E-state index contributed by atoms with van der Waals surface area (Å²) in [6, 6.07) is 18.7. The van der Waals surface area contributed by atoms with Crippen molar-refractivity contribution in [2.24, 2.45) is 0 Å². The summed E-state index contributed by atoms with van der Waals surface area (Å²) in [6.45, 7) is 4.55.